The molecule has 0 bridgehead atoms. The molecule has 0 amide bonds. The second-order valence-corrected chi connectivity index (χ2v) is 20.2. The molecule has 0 aromatic rings. The molecule has 6 heteroatoms. The lowest BCUT2D eigenvalue weighted by molar-refractivity contribution is -0.167. The van der Waals surface area contributed by atoms with Crippen LogP contribution in [0.3, 0.4) is 0 Å². The first-order valence-electron chi connectivity index (χ1n) is 31.3. The van der Waals surface area contributed by atoms with Gasteiger partial charge in [0.05, 0.1) is 0 Å². The van der Waals surface area contributed by atoms with Gasteiger partial charge in [0.1, 0.15) is 13.2 Å². The first-order valence-corrected chi connectivity index (χ1v) is 31.3. The van der Waals surface area contributed by atoms with Crippen LogP contribution in [0.2, 0.25) is 0 Å². The zero-order valence-corrected chi connectivity index (χ0v) is 49.7. The molecule has 434 valence electrons. The minimum Gasteiger partial charge on any atom is -0.462 e. The summed E-state index contributed by atoms with van der Waals surface area (Å²) in [7, 11) is 0. The van der Waals surface area contributed by atoms with Crippen molar-refractivity contribution in [3.05, 3.63) is 146 Å². The van der Waals surface area contributed by atoms with Gasteiger partial charge in [-0.2, -0.15) is 0 Å². The maximum atomic E-state index is 12.8. The quantitative estimate of drug-likeness (QED) is 0.0261. The largest absolute Gasteiger partial charge is 0.462 e. The Morgan fingerprint density at radius 1 is 0.273 bits per heavy atom. The van der Waals surface area contributed by atoms with Crippen LogP contribution in [0, 0.1) is 0 Å². The highest BCUT2D eigenvalue weighted by molar-refractivity contribution is 5.71. The highest BCUT2D eigenvalue weighted by Gasteiger charge is 2.19. The Balaban J connectivity index is 4.21. The van der Waals surface area contributed by atoms with Crippen molar-refractivity contribution in [1.29, 1.82) is 0 Å². The number of carbonyl (C=O) groups is 3. The molecule has 0 aromatic heterocycles. The minimum atomic E-state index is -0.794. The third-order valence-corrected chi connectivity index (χ3v) is 12.8. The van der Waals surface area contributed by atoms with Crippen molar-refractivity contribution in [1.82, 2.24) is 0 Å². The van der Waals surface area contributed by atoms with E-state index < -0.39 is 6.10 Å². The van der Waals surface area contributed by atoms with Gasteiger partial charge in [-0.25, -0.2) is 0 Å². The number of unbranched alkanes of at least 4 members (excludes halogenated alkanes) is 20. The summed E-state index contributed by atoms with van der Waals surface area (Å²) in [6.07, 6.45) is 91.5. The van der Waals surface area contributed by atoms with Crippen molar-refractivity contribution in [2.45, 2.75) is 271 Å². The molecule has 0 aromatic carbocycles. The van der Waals surface area contributed by atoms with E-state index in [4.69, 9.17) is 14.2 Å². The predicted molar refractivity (Wildman–Crippen MR) is 334 cm³/mol. The van der Waals surface area contributed by atoms with E-state index >= 15 is 0 Å². The average Bonchev–Trinajstić information content (AvgIpc) is 3.43. The molecular formula is C71H114O6. The number of allylic oxidation sites excluding steroid dienone is 24. The summed E-state index contributed by atoms with van der Waals surface area (Å²) in [5.74, 6) is -0.925. The van der Waals surface area contributed by atoms with Gasteiger partial charge >= 0.3 is 17.9 Å². The molecule has 1 atom stereocenters. The van der Waals surface area contributed by atoms with Crippen molar-refractivity contribution >= 4 is 17.9 Å². The number of rotatable bonds is 55. The van der Waals surface area contributed by atoms with Crippen molar-refractivity contribution in [2.75, 3.05) is 13.2 Å². The number of hydrogen-bond donors (Lipinski definition) is 0. The Hall–Kier alpha value is -4.71. The van der Waals surface area contributed by atoms with E-state index in [1.165, 1.54) is 64.2 Å². The Morgan fingerprint density at radius 2 is 0.506 bits per heavy atom. The second-order valence-electron chi connectivity index (χ2n) is 20.2. The molecular weight excluding hydrogens is 949 g/mol. The summed E-state index contributed by atoms with van der Waals surface area (Å²) in [4.78, 5) is 38.1. The molecule has 77 heavy (non-hydrogen) atoms. The molecule has 6 nitrogen and oxygen atoms in total. The standard InChI is InChI=1S/C71H114O6/c1-4-7-10-13-16-19-21-23-25-26-27-28-29-30-31-32-33-34-35-36-37-38-39-40-41-42-43-44-46-47-49-52-55-58-61-64-70(73)76-67-68(66-75-69(72)63-60-57-54-51-18-15-12-9-6-3)77-71(74)65-62-59-56-53-50-48-45-24-22-20-17-14-11-8-5-2/h7-8,10-11,16-17,19-20,23-25,27-28,30-31,33-34,36-37,39-40,42-43,45,68H,4-6,9,12-15,18,21-22,26,29,32,35,38,41,44,46-67H2,1-3H3/b10-7-,11-8-,19-16-,20-17-,25-23-,28-27-,31-30-,34-33-,37-36-,40-39-,43-42-,45-24-. The van der Waals surface area contributed by atoms with Gasteiger partial charge in [-0.3, -0.25) is 14.4 Å². The molecule has 1 unspecified atom stereocenters. The van der Waals surface area contributed by atoms with Gasteiger partial charge in [0.15, 0.2) is 6.10 Å². The first-order chi connectivity index (χ1) is 38.0. The Bertz CT molecular complexity index is 1700. The monoisotopic (exact) mass is 1060 g/mol. The average molecular weight is 1060 g/mol. The number of carbonyl (C=O) groups excluding carboxylic acids is 3. The van der Waals surface area contributed by atoms with Crippen LogP contribution in [0.1, 0.15) is 265 Å². The molecule has 0 radical (unpaired) electrons. The molecule has 0 aliphatic carbocycles. The van der Waals surface area contributed by atoms with Gasteiger partial charge in [0.25, 0.3) is 0 Å². The lowest BCUT2D eigenvalue weighted by Crippen LogP contribution is -2.30. The van der Waals surface area contributed by atoms with E-state index in [1.54, 1.807) is 0 Å². The van der Waals surface area contributed by atoms with Crippen LogP contribution in [-0.2, 0) is 28.6 Å². The number of hydrogen-bond acceptors (Lipinski definition) is 6. The Kier molecular flexibility index (Phi) is 59.9. The summed E-state index contributed by atoms with van der Waals surface area (Å²) in [5, 5.41) is 0. The molecule has 0 N–H and O–H groups in total. The Morgan fingerprint density at radius 3 is 0.792 bits per heavy atom. The predicted octanol–water partition coefficient (Wildman–Crippen LogP) is 21.5. The van der Waals surface area contributed by atoms with E-state index in [1.807, 2.05) is 0 Å². The Labute approximate surface area is 474 Å². The zero-order valence-electron chi connectivity index (χ0n) is 49.7. The maximum absolute atomic E-state index is 12.8. The second kappa shape index (κ2) is 63.8. The highest BCUT2D eigenvalue weighted by atomic mass is 16.6. The van der Waals surface area contributed by atoms with Crippen molar-refractivity contribution in [2.24, 2.45) is 0 Å². The number of ether oxygens (including phenoxy) is 3. The summed E-state index contributed by atoms with van der Waals surface area (Å²) >= 11 is 0. The fourth-order valence-electron chi connectivity index (χ4n) is 8.21. The van der Waals surface area contributed by atoms with E-state index in [0.29, 0.717) is 19.3 Å². The van der Waals surface area contributed by atoms with Gasteiger partial charge in [-0.15, -0.1) is 0 Å². The number of esters is 3. The van der Waals surface area contributed by atoms with E-state index in [9.17, 15) is 14.4 Å². The van der Waals surface area contributed by atoms with Crippen LogP contribution in [0.25, 0.3) is 0 Å². The normalized spacial score (nSPS) is 13.1. The van der Waals surface area contributed by atoms with E-state index in [2.05, 4.69) is 167 Å². The van der Waals surface area contributed by atoms with Crippen LogP contribution >= 0.6 is 0 Å². The smallest absolute Gasteiger partial charge is 0.306 e. The van der Waals surface area contributed by atoms with Gasteiger partial charge in [-0.1, -0.05) is 269 Å². The first kappa shape index (κ1) is 72.3. The third-order valence-electron chi connectivity index (χ3n) is 12.8. The van der Waals surface area contributed by atoms with Crippen molar-refractivity contribution < 1.29 is 28.6 Å². The summed E-state index contributed by atoms with van der Waals surface area (Å²) in [6.45, 7) is 6.36. The van der Waals surface area contributed by atoms with Crippen LogP contribution in [0.4, 0.5) is 0 Å². The molecule has 0 rings (SSSR count). The molecule has 0 heterocycles. The van der Waals surface area contributed by atoms with Crippen LogP contribution < -0.4 is 0 Å². The maximum Gasteiger partial charge on any atom is 0.306 e. The summed E-state index contributed by atoms with van der Waals surface area (Å²) < 4.78 is 16.8. The lowest BCUT2D eigenvalue weighted by Gasteiger charge is -2.18. The fraction of sp³-hybridized carbons (Fsp3) is 0.620. The van der Waals surface area contributed by atoms with Crippen molar-refractivity contribution in [3.8, 4) is 0 Å². The molecule has 0 saturated carbocycles. The SMILES string of the molecule is CC/C=C\C/C=C\C/C=C\C/C=C\C/C=C\C/C=C\C/C=C\C/C=C\C/C=C\CCCCCCCCCC(=O)OCC(COC(=O)CCCCCCCCCCC)OC(=O)CCCCCCC/C=C\C/C=C\C/C=C\CC. The molecule has 0 spiro atoms. The molecule has 0 aliphatic rings. The lowest BCUT2D eigenvalue weighted by atomic mass is 10.1. The van der Waals surface area contributed by atoms with Crippen LogP contribution in [-0.4, -0.2) is 37.2 Å². The third kappa shape index (κ3) is 62.0. The van der Waals surface area contributed by atoms with Gasteiger partial charge in [-0.05, 0) is 122 Å². The minimum absolute atomic E-state index is 0.0908. The summed E-state index contributed by atoms with van der Waals surface area (Å²) in [5.41, 5.74) is 0. The topological polar surface area (TPSA) is 78.9 Å². The summed E-state index contributed by atoms with van der Waals surface area (Å²) in [6, 6.07) is 0. The van der Waals surface area contributed by atoms with Gasteiger partial charge < -0.3 is 14.2 Å². The van der Waals surface area contributed by atoms with Gasteiger partial charge in [0, 0.05) is 19.3 Å². The zero-order chi connectivity index (χ0) is 55.7. The fourth-order valence-corrected chi connectivity index (χ4v) is 8.21. The van der Waals surface area contributed by atoms with E-state index in [-0.39, 0.29) is 31.1 Å². The van der Waals surface area contributed by atoms with Gasteiger partial charge in [0.2, 0.25) is 0 Å². The molecule has 0 saturated heterocycles. The molecule has 0 fully saturated rings. The van der Waals surface area contributed by atoms with Crippen molar-refractivity contribution in [3.63, 3.8) is 0 Å². The van der Waals surface area contributed by atoms with Crippen LogP contribution in [0.5, 0.6) is 0 Å². The molecule has 0 aliphatic heterocycles. The highest BCUT2D eigenvalue weighted by Crippen LogP contribution is 2.14. The van der Waals surface area contributed by atoms with E-state index in [0.717, 1.165) is 161 Å². The van der Waals surface area contributed by atoms with Crippen LogP contribution in [0.15, 0.2) is 146 Å².